The number of hydrogen-bond acceptors (Lipinski definition) is 5. The van der Waals surface area contributed by atoms with Gasteiger partial charge in [0, 0.05) is 0 Å². The van der Waals surface area contributed by atoms with E-state index in [9.17, 15) is 4.79 Å². The van der Waals surface area contributed by atoms with Crippen LogP contribution in [0.3, 0.4) is 0 Å². The quantitative estimate of drug-likeness (QED) is 0.606. The molecule has 1 heterocycles. The van der Waals surface area contributed by atoms with Gasteiger partial charge in [-0.3, -0.25) is 10.1 Å². The van der Waals surface area contributed by atoms with Crippen LogP contribution >= 0.6 is 0 Å². The van der Waals surface area contributed by atoms with Gasteiger partial charge in [0.2, 0.25) is 12.3 Å². The maximum atomic E-state index is 10.6. The van der Waals surface area contributed by atoms with Gasteiger partial charge in [0.15, 0.2) is 5.82 Å². The molecule has 12 heavy (non-hydrogen) atoms. The summed E-state index contributed by atoms with van der Waals surface area (Å²) in [5.74, 6) is 0.0987. The van der Waals surface area contributed by atoms with Crippen LogP contribution < -0.4 is 11.1 Å². The van der Waals surface area contributed by atoms with Crippen LogP contribution in [0.15, 0.2) is 10.9 Å². The minimum atomic E-state index is -0.404. The van der Waals surface area contributed by atoms with Gasteiger partial charge in [-0.25, -0.2) is 0 Å². The normalized spacial score (nSPS) is 12.8. The fourth-order valence-electron chi connectivity index (χ4n) is 0.615. The highest BCUT2D eigenvalue weighted by Crippen LogP contribution is 1.88. The van der Waals surface area contributed by atoms with Gasteiger partial charge < -0.3 is 10.3 Å². The van der Waals surface area contributed by atoms with Crippen LogP contribution in [0.1, 0.15) is 12.7 Å². The lowest BCUT2D eigenvalue weighted by Crippen LogP contribution is -2.38. The molecule has 0 aliphatic carbocycles. The topological polar surface area (TPSA) is 94.0 Å². The van der Waals surface area contributed by atoms with Gasteiger partial charge in [0.05, 0.1) is 12.6 Å². The Morgan fingerprint density at radius 3 is 3.17 bits per heavy atom. The van der Waals surface area contributed by atoms with Crippen molar-refractivity contribution in [3.8, 4) is 0 Å². The molecule has 0 fully saturated rings. The Hall–Kier alpha value is -1.43. The number of rotatable bonds is 4. The van der Waals surface area contributed by atoms with Gasteiger partial charge in [-0.05, 0) is 6.92 Å². The zero-order valence-electron chi connectivity index (χ0n) is 6.65. The highest BCUT2D eigenvalue weighted by Gasteiger charge is 2.08. The minimum Gasteiger partial charge on any atom is -0.368 e. The van der Waals surface area contributed by atoms with E-state index >= 15 is 0 Å². The number of hydrogen-bond donors (Lipinski definition) is 2. The van der Waals surface area contributed by atoms with Crippen molar-refractivity contribution in [3.05, 3.63) is 12.2 Å². The summed E-state index contributed by atoms with van der Waals surface area (Å²) in [6, 6.07) is -0.386. The molecule has 6 nitrogen and oxygen atoms in total. The van der Waals surface area contributed by atoms with Gasteiger partial charge >= 0.3 is 0 Å². The average Bonchev–Trinajstić information content (AvgIpc) is 2.51. The fourth-order valence-corrected chi connectivity index (χ4v) is 0.615. The SMILES string of the molecule is CC(NCc1ncon1)C(N)=O. The molecule has 1 atom stereocenters. The Labute approximate surface area is 69.1 Å². The third-order valence-electron chi connectivity index (χ3n) is 1.40. The number of aromatic nitrogens is 2. The number of nitrogens with zero attached hydrogens (tertiary/aromatic N) is 2. The molecule has 1 rings (SSSR count). The van der Waals surface area contributed by atoms with Crippen LogP contribution in [-0.2, 0) is 11.3 Å². The van der Waals surface area contributed by atoms with Crippen molar-refractivity contribution in [2.45, 2.75) is 19.5 Å². The number of carbonyl (C=O) groups excluding carboxylic acids is 1. The van der Waals surface area contributed by atoms with E-state index in [0.717, 1.165) is 0 Å². The minimum absolute atomic E-state index is 0.376. The molecule has 1 unspecified atom stereocenters. The van der Waals surface area contributed by atoms with E-state index in [2.05, 4.69) is 20.0 Å². The molecule has 0 aliphatic rings. The van der Waals surface area contributed by atoms with E-state index in [1.165, 1.54) is 6.39 Å². The first kappa shape index (κ1) is 8.66. The van der Waals surface area contributed by atoms with Gasteiger partial charge in [0.25, 0.3) is 0 Å². The van der Waals surface area contributed by atoms with Crippen LogP contribution in [0.25, 0.3) is 0 Å². The first-order valence-corrected chi connectivity index (χ1v) is 3.48. The standard InChI is InChI=1S/C6H10N4O2/c1-4(6(7)11)8-2-5-9-3-12-10-5/h3-4,8H,2H2,1H3,(H2,7,11). The van der Waals surface area contributed by atoms with E-state index in [1.807, 2.05) is 0 Å². The third-order valence-corrected chi connectivity index (χ3v) is 1.40. The van der Waals surface area contributed by atoms with Gasteiger partial charge in [-0.2, -0.15) is 4.98 Å². The van der Waals surface area contributed by atoms with Crippen molar-refractivity contribution < 1.29 is 9.32 Å². The molecule has 66 valence electrons. The van der Waals surface area contributed by atoms with Crippen LogP contribution in [0, 0.1) is 0 Å². The monoisotopic (exact) mass is 170 g/mol. The summed E-state index contributed by atoms with van der Waals surface area (Å²) in [4.78, 5) is 14.3. The smallest absolute Gasteiger partial charge is 0.234 e. The second kappa shape index (κ2) is 3.82. The Morgan fingerprint density at radius 1 is 1.92 bits per heavy atom. The Balaban J connectivity index is 2.31. The van der Waals surface area contributed by atoms with Crippen molar-refractivity contribution in [3.63, 3.8) is 0 Å². The first-order chi connectivity index (χ1) is 5.70. The van der Waals surface area contributed by atoms with Crippen molar-refractivity contribution in [2.24, 2.45) is 5.73 Å². The van der Waals surface area contributed by atoms with Crippen molar-refractivity contribution in [1.82, 2.24) is 15.5 Å². The number of nitrogens with two attached hydrogens (primary N) is 1. The summed E-state index contributed by atoms with van der Waals surface area (Å²) < 4.78 is 4.49. The molecule has 6 heteroatoms. The lowest BCUT2D eigenvalue weighted by Gasteiger charge is -2.06. The second-order valence-corrected chi connectivity index (χ2v) is 2.35. The molecule has 0 bridgehead atoms. The lowest BCUT2D eigenvalue weighted by molar-refractivity contribution is -0.119. The zero-order chi connectivity index (χ0) is 8.97. The average molecular weight is 170 g/mol. The lowest BCUT2D eigenvalue weighted by atomic mass is 10.3. The maximum absolute atomic E-state index is 10.6. The second-order valence-electron chi connectivity index (χ2n) is 2.35. The predicted octanol–water partition coefficient (Wildman–Crippen LogP) is -0.967. The Morgan fingerprint density at radius 2 is 2.67 bits per heavy atom. The van der Waals surface area contributed by atoms with E-state index in [1.54, 1.807) is 6.92 Å². The summed E-state index contributed by atoms with van der Waals surface area (Å²) in [5.41, 5.74) is 5.01. The van der Waals surface area contributed by atoms with Crippen LogP contribution in [0.4, 0.5) is 0 Å². The van der Waals surface area contributed by atoms with Crippen LogP contribution in [0.2, 0.25) is 0 Å². The van der Waals surface area contributed by atoms with E-state index in [0.29, 0.717) is 12.4 Å². The molecule has 0 radical (unpaired) electrons. The van der Waals surface area contributed by atoms with Crippen molar-refractivity contribution in [2.75, 3.05) is 0 Å². The first-order valence-electron chi connectivity index (χ1n) is 3.48. The number of carbonyl (C=O) groups is 1. The van der Waals surface area contributed by atoms with Crippen molar-refractivity contribution >= 4 is 5.91 Å². The van der Waals surface area contributed by atoms with Gasteiger partial charge in [-0.1, -0.05) is 5.16 Å². The number of primary amides is 1. The van der Waals surface area contributed by atoms with E-state index in [4.69, 9.17) is 5.73 Å². The predicted molar refractivity (Wildman–Crippen MR) is 39.8 cm³/mol. The fraction of sp³-hybridized carbons (Fsp3) is 0.500. The van der Waals surface area contributed by atoms with Crippen molar-refractivity contribution in [1.29, 1.82) is 0 Å². The Kier molecular flexibility index (Phi) is 2.76. The molecular weight excluding hydrogens is 160 g/mol. The largest absolute Gasteiger partial charge is 0.368 e. The molecule has 0 saturated heterocycles. The molecule has 1 aromatic rings. The molecular formula is C6H10N4O2. The highest BCUT2D eigenvalue weighted by atomic mass is 16.5. The summed E-state index contributed by atoms with van der Waals surface area (Å²) in [6.07, 6.45) is 1.23. The van der Waals surface area contributed by atoms with E-state index in [-0.39, 0.29) is 6.04 Å². The molecule has 0 aliphatic heterocycles. The molecule has 0 saturated carbocycles. The third kappa shape index (κ3) is 2.31. The van der Waals surface area contributed by atoms with Crippen LogP contribution in [0.5, 0.6) is 0 Å². The van der Waals surface area contributed by atoms with Gasteiger partial charge in [0.1, 0.15) is 0 Å². The van der Waals surface area contributed by atoms with Crippen LogP contribution in [-0.4, -0.2) is 22.1 Å². The van der Waals surface area contributed by atoms with Gasteiger partial charge in [-0.15, -0.1) is 0 Å². The Bertz CT molecular complexity index is 246. The maximum Gasteiger partial charge on any atom is 0.234 e. The summed E-state index contributed by atoms with van der Waals surface area (Å²) in [5, 5.41) is 6.37. The molecule has 0 aromatic carbocycles. The molecule has 0 spiro atoms. The highest BCUT2D eigenvalue weighted by molar-refractivity contribution is 5.79. The molecule has 1 amide bonds. The number of amides is 1. The zero-order valence-corrected chi connectivity index (χ0v) is 6.65. The summed E-state index contributed by atoms with van der Waals surface area (Å²) >= 11 is 0. The number of nitrogens with one attached hydrogen (secondary N) is 1. The molecule has 3 N–H and O–H groups in total. The summed E-state index contributed by atoms with van der Waals surface area (Å²) in [6.45, 7) is 2.04. The summed E-state index contributed by atoms with van der Waals surface area (Å²) in [7, 11) is 0. The van der Waals surface area contributed by atoms with E-state index < -0.39 is 5.91 Å². The molecule has 1 aromatic heterocycles.